The fourth-order valence-electron chi connectivity index (χ4n) is 3.09. The van der Waals surface area contributed by atoms with Crippen molar-refractivity contribution in [2.45, 2.75) is 0 Å². The third kappa shape index (κ3) is 3.96. The van der Waals surface area contributed by atoms with Crippen LogP contribution in [0, 0.1) is 28.5 Å². The molecule has 3 aromatic carbocycles. The van der Waals surface area contributed by atoms with E-state index in [1.807, 2.05) is 18.2 Å². The minimum atomic E-state index is -0.362. The number of aromatic amines is 1. The van der Waals surface area contributed by atoms with E-state index in [0.717, 1.165) is 20.9 Å². The number of hydrogen-bond donors (Lipinski definition) is 1. The summed E-state index contributed by atoms with van der Waals surface area (Å²) >= 11 is 3.46. The SMILES string of the molecule is N#CC(=Cc1cc(C#N)ccc1Oc1ccc(F)cc1)c1c[nH]c2ccc(Br)cc12. The summed E-state index contributed by atoms with van der Waals surface area (Å²) in [7, 11) is 0. The quantitative estimate of drug-likeness (QED) is 0.342. The van der Waals surface area contributed by atoms with Gasteiger partial charge in [0.05, 0.1) is 23.3 Å². The molecule has 0 atom stereocenters. The Hall–Kier alpha value is -3.87. The number of H-pyrrole nitrogens is 1. The number of fused-ring (bicyclic) bond motifs is 1. The molecule has 0 aliphatic carbocycles. The van der Waals surface area contributed by atoms with E-state index in [2.05, 4.69) is 33.1 Å². The molecule has 0 bridgehead atoms. The first kappa shape index (κ1) is 19.4. The molecule has 30 heavy (non-hydrogen) atoms. The van der Waals surface area contributed by atoms with Crippen LogP contribution in [-0.2, 0) is 0 Å². The maximum atomic E-state index is 13.2. The molecule has 4 aromatic rings. The first-order valence-electron chi connectivity index (χ1n) is 8.94. The fraction of sp³-hybridized carbons (Fsp3) is 0. The summed E-state index contributed by atoms with van der Waals surface area (Å²) in [6.45, 7) is 0. The van der Waals surface area contributed by atoms with E-state index in [1.165, 1.54) is 24.3 Å². The number of nitriles is 2. The number of nitrogens with one attached hydrogen (secondary N) is 1. The van der Waals surface area contributed by atoms with E-state index < -0.39 is 0 Å². The van der Waals surface area contributed by atoms with Gasteiger partial charge in [-0.1, -0.05) is 15.9 Å². The number of benzene rings is 3. The average Bonchev–Trinajstić information content (AvgIpc) is 3.17. The standard InChI is InChI=1S/C24H13BrFN3O/c25-18-2-7-23-21(11-18)22(14-29-23)17(13-28)10-16-9-15(12-27)1-8-24(16)30-20-5-3-19(26)4-6-20/h1-11,14,29H. The topological polar surface area (TPSA) is 72.6 Å². The molecular weight excluding hydrogens is 445 g/mol. The van der Waals surface area contributed by atoms with Crippen molar-refractivity contribution in [1.29, 1.82) is 10.5 Å². The Kier molecular flexibility index (Phi) is 5.34. The Morgan fingerprint density at radius 2 is 1.83 bits per heavy atom. The predicted octanol–water partition coefficient (Wildman–Crippen LogP) is 6.80. The zero-order chi connectivity index (χ0) is 21.1. The Labute approximate surface area is 180 Å². The Bertz CT molecular complexity index is 1360. The smallest absolute Gasteiger partial charge is 0.134 e. The van der Waals surface area contributed by atoms with Crippen molar-refractivity contribution >= 4 is 38.5 Å². The molecule has 0 aliphatic heterocycles. The van der Waals surface area contributed by atoms with Crippen LogP contribution in [0.5, 0.6) is 11.5 Å². The van der Waals surface area contributed by atoms with Gasteiger partial charge >= 0.3 is 0 Å². The molecular formula is C24H13BrFN3O. The minimum absolute atomic E-state index is 0.362. The van der Waals surface area contributed by atoms with Gasteiger partial charge in [-0.3, -0.25) is 0 Å². The van der Waals surface area contributed by atoms with Crippen LogP contribution in [0.3, 0.4) is 0 Å². The molecule has 1 heterocycles. The molecule has 0 radical (unpaired) electrons. The van der Waals surface area contributed by atoms with Gasteiger partial charge in [0.1, 0.15) is 17.3 Å². The molecule has 0 aliphatic rings. The average molecular weight is 458 g/mol. The Balaban J connectivity index is 1.82. The van der Waals surface area contributed by atoms with Crippen LogP contribution in [-0.4, -0.2) is 4.98 Å². The number of halogens is 2. The highest BCUT2D eigenvalue weighted by molar-refractivity contribution is 9.10. The van der Waals surface area contributed by atoms with Gasteiger partial charge in [-0.2, -0.15) is 10.5 Å². The summed E-state index contributed by atoms with van der Waals surface area (Å²) in [5, 5.41) is 20.0. The number of aromatic nitrogens is 1. The van der Waals surface area contributed by atoms with Crippen LogP contribution < -0.4 is 4.74 Å². The summed E-state index contributed by atoms with van der Waals surface area (Å²) in [4.78, 5) is 3.17. The number of nitrogens with zero attached hydrogens (tertiary/aromatic N) is 2. The third-order valence-corrected chi connectivity index (χ3v) is 5.03. The van der Waals surface area contributed by atoms with E-state index in [0.29, 0.717) is 28.2 Å². The summed E-state index contributed by atoms with van der Waals surface area (Å²) < 4.78 is 20.0. The molecule has 1 N–H and O–H groups in total. The van der Waals surface area contributed by atoms with Crippen molar-refractivity contribution in [3.63, 3.8) is 0 Å². The highest BCUT2D eigenvalue weighted by atomic mass is 79.9. The molecule has 4 nitrogen and oxygen atoms in total. The van der Waals surface area contributed by atoms with Gasteiger partial charge in [-0.15, -0.1) is 0 Å². The molecule has 1 aromatic heterocycles. The monoisotopic (exact) mass is 457 g/mol. The van der Waals surface area contributed by atoms with Gasteiger partial charge in [-0.05, 0) is 66.7 Å². The first-order valence-corrected chi connectivity index (χ1v) is 9.73. The van der Waals surface area contributed by atoms with Crippen molar-refractivity contribution < 1.29 is 9.13 Å². The summed E-state index contributed by atoms with van der Waals surface area (Å²) in [5.74, 6) is 0.541. The maximum absolute atomic E-state index is 13.2. The van der Waals surface area contributed by atoms with Crippen molar-refractivity contribution in [2.24, 2.45) is 0 Å². The van der Waals surface area contributed by atoms with Gasteiger partial charge in [0.15, 0.2) is 0 Å². The lowest BCUT2D eigenvalue weighted by atomic mass is 10.0. The molecule has 0 fully saturated rings. The van der Waals surface area contributed by atoms with Crippen LogP contribution in [0.4, 0.5) is 4.39 Å². The maximum Gasteiger partial charge on any atom is 0.134 e. The molecule has 6 heteroatoms. The van der Waals surface area contributed by atoms with E-state index >= 15 is 0 Å². The lowest BCUT2D eigenvalue weighted by molar-refractivity contribution is 0.479. The number of allylic oxidation sites excluding steroid dienone is 1. The Morgan fingerprint density at radius 1 is 1.03 bits per heavy atom. The molecule has 0 saturated carbocycles. The molecule has 0 saturated heterocycles. The second-order valence-electron chi connectivity index (χ2n) is 6.48. The summed E-state index contributed by atoms with van der Waals surface area (Å²) in [5.41, 5.74) is 3.07. The zero-order valence-electron chi connectivity index (χ0n) is 15.5. The Morgan fingerprint density at radius 3 is 2.57 bits per heavy atom. The number of rotatable bonds is 4. The molecule has 0 spiro atoms. The minimum Gasteiger partial charge on any atom is -0.457 e. The normalized spacial score (nSPS) is 11.1. The van der Waals surface area contributed by atoms with Crippen molar-refractivity contribution in [3.8, 4) is 23.6 Å². The van der Waals surface area contributed by atoms with E-state index in [4.69, 9.17) is 4.74 Å². The number of ether oxygens (including phenoxy) is 1. The zero-order valence-corrected chi connectivity index (χ0v) is 17.1. The van der Waals surface area contributed by atoms with Gasteiger partial charge in [0, 0.05) is 32.7 Å². The fourth-order valence-corrected chi connectivity index (χ4v) is 3.46. The predicted molar refractivity (Wildman–Crippen MR) is 117 cm³/mol. The van der Waals surface area contributed by atoms with Gasteiger partial charge < -0.3 is 9.72 Å². The summed E-state index contributed by atoms with van der Waals surface area (Å²) in [6.07, 6.45) is 3.46. The first-order chi connectivity index (χ1) is 14.6. The van der Waals surface area contributed by atoms with Crippen molar-refractivity contribution in [1.82, 2.24) is 4.98 Å². The van der Waals surface area contributed by atoms with Crippen LogP contribution in [0.1, 0.15) is 16.7 Å². The highest BCUT2D eigenvalue weighted by Gasteiger charge is 2.12. The third-order valence-electron chi connectivity index (χ3n) is 4.53. The van der Waals surface area contributed by atoms with E-state index in [1.54, 1.807) is 30.5 Å². The lowest BCUT2D eigenvalue weighted by Crippen LogP contribution is -1.90. The molecule has 0 unspecified atom stereocenters. The van der Waals surface area contributed by atoms with Crippen LogP contribution >= 0.6 is 15.9 Å². The van der Waals surface area contributed by atoms with Crippen molar-refractivity contribution in [2.75, 3.05) is 0 Å². The van der Waals surface area contributed by atoms with E-state index in [-0.39, 0.29) is 5.82 Å². The second-order valence-corrected chi connectivity index (χ2v) is 7.40. The van der Waals surface area contributed by atoms with Gasteiger partial charge in [0.2, 0.25) is 0 Å². The second kappa shape index (κ2) is 8.24. The lowest BCUT2D eigenvalue weighted by Gasteiger charge is -2.10. The van der Waals surface area contributed by atoms with E-state index in [9.17, 15) is 14.9 Å². The van der Waals surface area contributed by atoms with Crippen LogP contribution in [0.25, 0.3) is 22.6 Å². The summed E-state index contributed by atoms with van der Waals surface area (Å²) in [6, 6.07) is 20.7. The molecule has 0 amide bonds. The molecule has 4 rings (SSSR count). The van der Waals surface area contributed by atoms with Gasteiger partial charge in [0.25, 0.3) is 0 Å². The largest absolute Gasteiger partial charge is 0.457 e. The molecule has 144 valence electrons. The van der Waals surface area contributed by atoms with Crippen LogP contribution in [0.15, 0.2) is 71.3 Å². The van der Waals surface area contributed by atoms with Gasteiger partial charge in [-0.25, -0.2) is 4.39 Å². The van der Waals surface area contributed by atoms with Crippen LogP contribution in [0.2, 0.25) is 0 Å². The highest BCUT2D eigenvalue weighted by Crippen LogP contribution is 2.32. The van der Waals surface area contributed by atoms with Crippen molar-refractivity contribution in [3.05, 3.63) is 93.8 Å². The number of hydrogen-bond acceptors (Lipinski definition) is 3.